The van der Waals surface area contributed by atoms with Crippen molar-refractivity contribution in [2.24, 2.45) is 0 Å². The molecule has 1 N–H and O–H groups in total. The highest BCUT2D eigenvalue weighted by Crippen LogP contribution is 2.21. The van der Waals surface area contributed by atoms with Crippen LogP contribution in [-0.2, 0) is 28.6 Å². The number of methoxy groups -OCH3 is 3. The van der Waals surface area contributed by atoms with Gasteiger partial charge in [-0.1, -0.05) is 77.0 Å². The molecule has 32 heavy (non-hydrogen) atoms. The Morgan fingerprint density at radius 3 is 1.28 bits per heavy atom. The quantitative estimate of drug-likeness (QED) is 0.119. The summed E-state index contributed by atoms with van der Waals surface area (Å²) >= 11 is 0. The van der Waals surface area contributed by atoms with Crippen LogP contribution >= 0.6 is 0 Å². The molecule has 0 atom stereocenters. The van der Waals surface area contributed by atoms with Gasteiger partial charge in [0.25, 0.3) is 0 Å². The van der Waals surface area contributed by atoms with E-state index in [0.29, 0.717) is 13.0 Å². The molecular formula is C25H44O7. The highest BCUT2D eigenvalue weighted by molar-refractivity contribution is 6.03. The maximum atomic E-state index is 12.2. The molecule has 0 aliphatic rings. The first-order valence-electron chi connectivity index (χ1n) is 12.1. The second kappa shape index (κ2) is 21.0. The number of ether oxygens (including phenoxy) is 3. The maximum Gasteiger partial charge on any atom is 0.334 e. The van der Waals surface area contributed by atoms with E-state index in [1.165, 1.54) is 72.7 Å². The summed E-state index contributed by atoms with van der Waals surface area (Å²) in [7, 11) is 3.70. The molecule has 0 spiro atoms. The second-order valence-corrected chi connectivity index (χ2v) is 8.12. The van der Waals surface area contributed by atoms with Gasteiger partial charge in [0.2, 0.25) is 0 Å². The van der Waals surface area contributed by atoms with Crippen molar-refractivity contribution >= 4 is 17.9 Å². The van der Waals surface area contributed by atoms with Gasteiger partial charge >= 0.3 is 17.9 Å². The normalized spacial score (nSPS) is 11.6. The molecule has 0 saturated carbocycles. The number of hydrogen-bond donors (Lipinski definition) is 1. The molecule has 0 bridgehead atoms. The standard InChI is InChI=1S/C25H44O7/c1-30-23(27)20-22(25(29)32-3)21(24(28)31-2)18-16-14-12-10-8-6-4-5-7-9-11-13-15-17-19-26/h26H,4-20H2,1-3H3/b22-21+. The Balaban J connectivity index is 4.13. The lowest BCUT2D eigenvalue weighted by atomic mass is 9.98. The van der Waals surface area contributed by atoms with Gasteiger partial charge in [-0.15, -0.1) is 0 Å². The zero-order valence-corrected chi connectivity index (χ0v) is 20.4. The summed E-state index contributed by atoms with van der Waals surface area (Å²) in [5.74, 6) is -1.92. The summed E-state index contributed by atoms with van der Waals surface area (Å²) in [6.07, 6.45) is 16.2. The van der Waals surface area contributed by atoms with E-state index in [1.807, 2.05) is 0 Å². The lowest BCUT2D eigenvalue weighted by molar-refractivity contribution is -0.143. The lowest BCUT2D eigenvalue weighted by Gasteiger charge is -2.12. The van der Waals surface area contributed by atoms with Crippen LogP contribution in [-0.4, -0.2) is 51.0 Å². The summed E-state index contributed by atoms with van der Waals surface area (Å²) in [5, 5.41) is 8.75. The number of unbranched alkanes of at least 4 members (excludes halogenated alkanes) is 13. The first kappa shape index (κ1) is 30.1. The van der Waals surface area contributed by atoms with Crippen molar-refractivity contribution in [3.8, 4) is 0 Å². The third-order valence-corrected chi connectivity index (χ3v) is 5.61. The lowest BCUT2D eigenvalue weighted by Crippen LogP contribution is -2.18. The fourth-order valence-corrected chi connectivity index (χ4v) is 3.68. The second-order valence-electron chi connectivity index (χ2n) is 8.12. The smallest absolute Gasteiger partial charge is 0.334 e. The zero-order valence-electron chi connectivity index (χ0n) is 20.4. The van der Waals surface area contributed by atoms with Crippen molar-refractivity contribution in [2.45, 2.75) is 103 Å². The number of aliphatic hydroxyl groups is 1. The average Bonchev–Trinajstić information content (AvgIpc) is 2.81. The zero-order chi connectivity index (χ0) is 24.0. The molecule has 0 aromatic carbocycles. The minimum Gasteiger partial charge on any atom is -0.469 e. The molecule has 0 rings (SSSR count). The van der Waals surface area contributed by atoms with E-state index >= 15 is 0 Å². The van der Waals surface area contributed by atoms with Crippen molar-refractivity contribution in [2.75, 3.05) is 27.9 Å². The van der Waals surface area contributed by atoms with Crippen LogP contribution in [0.15, 0.2) is 11.1 Å². The third kappa shape index (κ3) is 15.0. The molecule has 0 aromatic rings. The first-order chi connectivity index (χ1) is 15.5. The molecule has 186 valence electrons. The molecular weight excluding hydrogens is 412 g/mol. The number of aliphatic hydroxyl groups excluding tert-OH is 1. The predicted molar refractivity (Wildman–Crippen MR) is 124 cm³/mol. The molecule has 7 nitrogen and oxygen atoms in total. The van der Waals surface area contributed by atoms with Crippen molar-refractivity contribution in [3.05, 3.63) is 11.1 Å². The molecule has 0 fully saturated rings. The minimum atomic E-state index is -0.707. The van der Waals surface area contributed by atoms with Crippen molar-refractivity contribution < 1.29 is 33.7 Å². The molecule has 0 heterocycles. The van der Waals surface area contributed by atoms with Gasteiger partial charge in [-0.2, -0.15) is 0 Å². The van der Waals surface area contributed by atoms with Gasteiger partial charge in [0.05, 0.1) is 33.3 Å². The summed E-state index contributed by atoms with van der Waals surface area (Å²) < 4.78 is 14.2. The van der Waals surface area contributed by atoms with Gasteiger partial charge in [0, 0.05) is 12.2 Å². The number of carbonyl (C=O) groups excluding carboxylic acids is 3. The van der Waals surface area contributed by atoms with Gasteiger partial charge in [0.15, 0.2) is 0 Å². The highest BCUT2D eigenvalue weighted by Gasteiger charge is 2.24. The predicted octanol–water partition coefficient (Wildman–Crippen LogP) is 5.04. The van der Waals surface area contributed by atoms with Gasteiger partial charge in [-0.05, 0) is 19.3 Å². The van der Waals surface area contributed by atoms with Crippen LogP contribution in [0, 0.1) is 0 Å². The number of esters is 3. The van der Waals surface area contributed by atoms with E-state index in [9.17, 15) is 14.4 Å². The summed E-state index contributed by atoms with van der Waals surface area (Å²) in [4.78, 5) is 35.9. The van der Waals surface area contributed by atoms with E-state index in [0.717, 1.165) is 38.5 Å². The average molecular weight is 457 g/mol. The van der Waals surface area contributed by atoms with Gasteiger partial charge in [-0.3, -0.25) is 4.79 Å². The van der Waals surface area contributed by atoms with Crippen LogP contribution in [0.2, 0.25) is 0 Å². The van der Waals surface area contributed by atoms with Gasteiger partial charge in [-0.25, -0.2) is 9.59 Å². The van der Waals surface area contributed by atoms with Crippen molar-refractivity contribution in [1.82, 2.24) is 0 Å². The molecule has 0 aliphatic heterocycles. The van der Waals surface area contributed by atoms with Crippen LogP contribution in [0.5, 0.6) is 0 Å². The van der Waals surface area contributed by atoms with Crippen LogP contribution in [0.25, 0.3) is 0 Å². The fraction of sp³-hybridized carbons (Fsp3) is 0.800. The Morgan fingerprint density at radius 2 is 0.906 bits per heavy atom. The Kier molecular flexibility index (Phi) is 19.7. The molecule has 0 saturated heterocycles. The first-order valence-corrected chi connectivity index (χ1v) is 12.1. The monoisotopic (exact) mass is 456 g/mol. The third-order valence-electron chi connectivity index (χ3n) is 5.61. The van der Waals surface area contributed by atoms with Crippen LogP contribution in [0.4, 0.5) is 0 Å². The van der Waals surface area contributed by atoms with Crippen molar-refractivity contribution in [3.63, 3.8) is 0 Å². The van der Waals surface area contributed by atoms with E-state index in [1.54, 1.807) is 0 Å². The number of hydrogen-bond acceptors (Lipinski definition) is 7. The summed E-state index contributed by atoms with van der Waals surface area (Å²) in [6.45, 7) is 0.313. The van der Waals surface area contributed by atoms with E-state index in [4.69, 9.17) is 14.6 Å². The van der Waals surface area contributed by atoms with Crippen LogP contribution in [0.3, 0.4) is 0 Å². The minimum absolute atomic E-state index is 0.0135. The molecule has 0 radical (unpaired) electrons. The molecule has 0 unspecified atom stereocenters. The summed E-state index contributed by atoms with van der Waals surface area (Å²) in [6, 6.07) is 0. The molecule has 0 aliphatic carbocycles. The van der Waals surface area contributed by atoms with E-state index < -0.39 is 17.9 Å². The Labute approximate surface area is 193 Å². The maximum absolute atomic E-state index is 12.2. The van der Waals surface area contributed by atoms with Crippen molar-refractivity contribution in [1.29, 1.82) is 0 Å². The van der Waals surface area contributed by atoms with E-state index in [-0.39, 0.29) is 17.6 Å². The summed E-state index contributed by atoms with van der Waals surface area (Å²) in [5.41, 5.74) is 0.209. The molecule has 0 amide bonds. The number of carbonyl (C=O) groups is 3. The van der Waals surface area contributed by atoms with Crippen LogP contribution < -0.4 is 0 Å². The topological polar surface area (TPSA) is 99.1 Å². The Morgan fingerprint density at radius 1 is 0.531 bits per heavy atom. The number of rotatable bonds is 20. The van der Waals surface area contributed by atoms with Crippen LogP contribution in [0.1, 0.15) is 103 Å². The molecule has 0 aromatic heterocycles. The van der Waals surface area contributed by atoms with Gasteiger partial charge in [0.1, 0.15) is 0 Å². The molecule has 7 heteroatoms. The Bertz CT molecular complexity index is 554. The fourth-order valence-electron chi connectivity index (χ4n) is 3.68. The Hall–Kier alpha value is -1.89. The van der Waals surface area contributed by atoms with E-state index in [2.05, 4.69) is 4.74 Å². The van der Waals surface area contributed by atoms with Gasteiger partial charge < -0.3 is 19.3 Å². The largest absolute Gasteiger partial charge is 0.469 e. The SMILES string of the molecule is COC(=O)C/C(C(=O)OC)=C(/CCCCCCCCCCCCCCCCO)C(=O)OC. The highest BCUT2D eigenvalue weighted by atomic mass is 16.5.